The first-order chi connectivity index (χ1) is 10.5. The smallest absolute Gasteiger partial charge is 0.292 e. The lowest BCUT2D eigenvalue weighted by Crippen LogP contribution is -2.15. The molecule has 0 atom stereocenters. The van der Waals surface area contributed by atoms with Gasteiger partial charge in [0, 0.05) is 11.0 Å². The number of thioether (sulfide) groups is 1. The number of nitro benzene ring substituents is 1. The molecule has 0 heterocycles. The predicted octanol–water partition coefficient (Wildman–Crippen LogP) is 4.63. The van der Waals surface area contributed by atoms with Crippen molar-refractivity contribution >= 4 is 52.2 Å². The van der Waals surface area contributed by atoms with Gasteiger partial charge >= 0.3 is 0 Å². The molecule has 0 saturated carbocycles. The molecule has 0 aromatic heterocycles. The lowest BCUT2D eigenvalue weighted by Gasteiger charge is -2.08. The Bertz CT molecular complexity index is 705. The van der Waals surface area contributed by atoms with Gasteiger partial charge in [-0.05, 0) is 18.2 Å². The van der Waals surface area contributed by atoms with Crippen LogP contribution in [0.1, 0.15) is 0 Å². The first-order valence-corrected chi connectivity index (χ1v) is 7.83. The first-order valence-electron chi connectivity index (χ1n) is 6.09. The normalized spacial score (nSPS) is 10.3. The zero-order chi connectivity index (χ0) is 16.1. The van der Waals surface area contributed by atoms with Gasteiger partial charge in [-0.1, -0.05) is 41.4 Å². The van der Waals surface area contributed by atoms with Crippen LogP contribution in [-0.4, -0.2) is 16.6 Å². The molecule has 0 aliphatic heterocycles. The van der Waals surface area contributed by atoms with Crippen LogP contribution in [0.25, 0.3) is 0 Å². The Labute approximate surface area is 140 Å². The Morgan fingerprint density at radius 1 is 1.14 bits per heavy atom. The molecule has 22 heavy (non-hydrogen) atoms. The summed E-state index contributed by atoms with van der Waals surface area (Å²) in [6.45, 7) is 0. The van der Waals surface area contributed by atoms with Crippen molar-refractivity contribution in [3.05, 3.63) is 62.6 Å². The molecule has 1 amide bonds. The quantitative estimate of drug-likeness (QED) is 0.481. The molecule has 2 rings (SSSR count). The van der Waals surface area contributed by atoms with Gasteiger partial charge in [-0.3, -0.25) is 14.9 Å². The van der Waals surface area contributed by atoms with Gasteiger partial charge in [-0.15, -0.1) is 11.8 Å². The van der Waals surface area contributed by atoms with Crippen molar-refractivity contribution in [1.82, 2.24) is 0 Å². The molecule has 0 spiro atoms. The third-order valence-corrected chi connectivity index (χ3v) is 4.63. The second kappa shape index (κ2) is 7.49. The molecule has 0 bridgehead atoms. The van der Waals surface area contributed by atoms with E-state index in [9.17, 15) is 14.9 Å². The standard InChI is InChI=1S/C14H10Cl2N2O3S/c15-9-4-3-5-10(16)14(9)22-8-13(19)17-11-6-1-2-7-12(11)18(20)21/h1-7H,8H2,(H,17,19). The van der Waals surface area contributed by atoms with Crippen LogP contribution in [0.5, 0.6) is 0 Å². The van der Waals surface area contributed by atoms with Crippen LogP contribution >= 0.6 is 35.0 Å². The molecule has 8 heteroatoms. The number of rotatable bonds is 5. The second-order valence-electron chi connectivity index (χ2n) is 4.16. The Hall–Kier alpha value is -1.76. The van der Waals surface area contributed by atoms with E-state index >= 15 is 0 Å². The minimum Gasteiger partial charge on any atom is -0.320 e. The maximum Gasteiger partial charge on any atom is 0.292 e. The third kappa shape index (κ3) is 4.13. The summed E-state index contributed by atoms with van der Waals surface area (Å²) in [6.07, 6.45) is 0. The average Bonchev–Trinajstić information content (AvgIpc) is 2.47. The summed E-state index contributed by atoms with van der Waals surface area (Å²) in [6, 6.07) is 11.0. The van der Waals surface area contributed by atoms with Crippen LogP contribution in [0.3, 0.4) is 0 Å². The fourth-order valence-electron chi connectivity index (χ4n) is 1.68. The number of nitro groups is 1. The highest BCUT2D eigenvalue weighted by Gasteiger charge is 2.15. The molecule has 2 aromatic carbocycles. The maximum absolute atomic E-state index is 11.9. The Balaban J connectivity index is 2.04. The summed E-state index contributed by atoms with van der Waals surface area (Å²) in [4.78, 5) is 22.9. The van der Waals surface area contributed by atoms with Gasteiger partial charge in [-0.25, -0.2) is 0 Å². The molecule has 0 radical (unpaired) electrons. The van der Waals surface area contributed by atoms with Crippen molar-refractivity contribution in [2.75, 3.05) is 11.1 Å². The van der Waals surface area contributed by atoms with E-state index in [4.69, 9.17) is 23.2 Å². The fraction of sp³-hybridized carbons (Fsp3) is 0.0714. The minimum atomic E-state index is -0.548. The molecule has 0 fully saturated rings. The molecular weight excluding hydrogens is 347 g/mol. The topological polar surface area (TPSA) is 72.2 Å². The molecule has 0 unspecified atom stereocenters. The summed E-state index contributed by atoms with van der Waals surface area (Å²) in [5.74, 6) is -0.342. The summed E-state index contributed by atoms with van der Waals surface area (Å²) < 4.78 is 0. The van der Waals surface area contributed by atoms with Gasteiger partial charge in [-0.2, -0.15) is 0 Å². The summed E-state index contributed by atoms with van der Waals surface area (Å²) in [7, 11) is 0. The highest BCUT2D eigenvalue weighted by atomic mass is 35.5. The van der Waals surface area contributed by atoms with Crippen molar-refractivity contribution in [2.45, 2.75) is 4.90 Å². The number of hydrogen-bond donors (Lipinski definition) is 1. The van der Waals surface area contributed by atoms with Crippen LogP contribution in [0.2, 0.25) is 10.0 Å². The summed E-state index contributed by atoms with van der Waals surface area (Å²) in [5, 5.41) is 14.3. The number of nitrogens with one attached hydrogen (secondary N) is 1. The molecule has 114 valence electrons. The molecule has 0 aliphatic rings. The van der Waals surface area contributed by atoms with Crippen LogP contribution in [-0.2, 0) is 4.79 Å². The average molecular weight is 357 g/mol. The van der Waals surface area contributed by atoms with Gasteiger partial charge < -0.3 is 5.32 Å². The van der Waals surface area contributed by atoms with E-state index in [0.717, 1.165) is 0 Å². The molecule has 0 saturated heterocycles. The Morgan fingerprint density at radius 2 is 1.77 bits per heavy atom. The van der Waals surface area contributed by atoms with E-state index in [2.05, 4.69) is 5.32 Å². The van der Waals surface area contributed by atoms with E-state index in [1.807, 2.05) is 0 Å². The molecule has 2 aromatic rings. The van der Waals surface area contributed by atoms with E-state index in [1.165, 1.54) is 30.0 Å². The summed E-state index contributed by atoms with van der Waals surface area (Å²) in [5.41, 5.74) is -0.0000171. The van der Waals surface area contributed by atoms with Crippen LogP contribution in [0, 0.1) is 10.1 Å². The monoisotopic (exact) mass is 356 g/mol. The number of benzene rings is 2. The van der Waals surface area contributed by atoms with E-state index in [0.29, 0.717) is 14.9 Å². The second-order valence-corrected chi connectivity index (χ2v) is 5.96. The zero-order valence-electron chi connectivity index (χ0n) is 11.1. The highest BCUT2D eigenvalue weighted by Crippen LogP contribution is 2.34. The number of halogens is 2. The van der Waals surface area contributed by atoms with Gasteiger partial charge in [0.1, 0.15) is 5.69 Å². The van der Waals surface area contributed by atoms with Crippen molar-refractivity contribution in [1.29, 1.82) is 0 Å². The van der Waals surface area contributed by atoms with Crippen molar-refractivity contribution in [2.24, 2.45) is 0 Å². The lowest BCUT2D eigenvalue weighted by molar-refractivity contribution is -0.383. The van der Waals surface area contributed by atoms with Gasteiger partial charge in [0.2, 0.25) is 5.91 Å². The largest absolute Gasteiger partial charge is 0.320 e. The first kappa shape index (κ1) is 16.6. The Morgan fingerprint density at radius 3 is 2.41 bits per heavy atom. The van der Waals surface area contributed by atoms with Crippen LogP contribution < -0.4 is 5.32 Å². The van der Waals surface area contributed by atoms with Gasteiger partial charge in [0.15, 0.2) is 0 Å². The van der Waals surface area contributed by atoms with E-state index in [-0.39, 0.29) is 23.0 Å². The minimum absolute atomic E-state index is 0.0372. The fourth-order valence-corrected chi connectivity index (χ4v) is 3.17. The zero-order valence-corrected chi connectivity index (χ0v) is 13.4. The lowest BCUT2D eigenvalue weighted by atomic mass is 10.2. The number of amides is 1. The van der Waals surface area contributed by atoms with Gasteiger partial charge in [0.05, 0.1) is 20.7 Å². The predicted molar refractivity (Wildman–Crippen MR) is 88.9 cm³/mol. The number of carbonyl (C=O) groups excluding carboxylic acids is 1. The maximum atomic E-state index is 11.9. The molecule has 1 N–H and O–H groups in total. The highest BCUT2D eigenvalue weighted by molar-refractivity contribution is 8.00. The number of nitrogens with zero attached hydrogens (tertiary/aromatic N) is 1. The van der Waals surface area contributed by atoms with Crippen LogP contribution in [0.15, 0.2) is 47.4 Å². The number of para-hydroxylation sites is 2. The number of hydrogen-bond acceptors (Lipinski definition) is 4. The Kier molecular flexibility index (Phi) is 5.65. The summed E-state index contributed by atoms with van der Waals surface area (Å²) >= 11 is 13.2. The van der Waals surface area contributed by atoms with E-state index < -0.39 is 4.92 Å². The molecular formula is C14H10Cl2N2O3S. The SMILES string of the molecule is O=C(CSc1c(Cl)cccc1Cl)Nc1ccccc1[N+](=O)[O-]. The number of carbonyl (C=O) groups is 1. The van der Waals surface area contributed by atoms with Crippen molar-refractivity contribution in [3.63, 3.8) is 0 Å². The third-order valence-electron chi connectivity index (χ3n) is 2.64. The van der Waals surface area contributed by atoms with Crippen LogP contribution in [0.4, 0.5) is 11.4 Å². The molecule has 0 aliphatic carbocycles. The van der Waals surface area contributed by atoms with Gasteiger partial charge in [0.25, 0.3) is 5.69 Å². The number of anilines is 1. The van der Waals surface area contributed by atoms with Crippen molar-refractivity contribution in [3.8, 4) is 0 Å². The van der Waals surface area contributed by atoms with Crippen molar-refractivity contribution < 1.29 is 9.72 Å². The molecule has 5 nitrogen and oxygen atoms in total. The van der Waals surface area contributed by atoms with E-state index in [1.54, 1.807) is 24.3 Å².